The van der Waals surface area contributed by atoms with Crippen LogP contribution in [0, 0.1) is 0 Å². The lowest BCUT2D eigenvalue weighted by molar-refractivity contribution is -0.147. The highest BCUT2D eigenvalue weighted by molar-refractivity contribution is 8.00. The molecule has 144 valence electrons. The summed E-state index contributed by atoms with van der Waals surface area (Å²) in [5, 5.41) is 40.8. The molecule has 4 rings (SSSR count). The van der Waals surface area contributed by atoms with Crippen LogP contribution in [0.25, 0.3) is 0 Å². The molecule has 1 saturated heterocycles. The van der Waals surface area contributed by atoms with Gasteiger partial charge in [0.1, 0.15) is 12.2 Å². The molecule has 5 atom stereocenters. The Bertz CT molecular complexity index is 828. The number of halogens is 1. The molecule has 0 bridgehead atoms. The van der Waals surface area contributed by atoms with Crippen LogP contribution in [0.15, 0.2) is 42.5 Å². The summed E-state index contributed by atoms with van der Waals surface area (Å²) in [6.45, 7) is -0.0118. The molecular weight excluding hydrogens is 388 g/mol. The minimum Gasteiger partial charge on any atom is -0.395 e. The van der Waals surface area contributed by atoms with E-state index in [1.54, 1.807) is 0 Å². The third kappa shape index (κ3) is 3.29. The van der Waals surface area contributed by atoms with Crippen molar-refractivity contribution in [3.05, 3.63) is 69.7 Å². The van der Waals surface area contributed by atoms with E-state index in [0.29, 0.717) is 18.1 Å². The smallest absolute Gasteiger partial charge is 0.168 e. The van der Waals surface area contributed by atoms with Gasteiger partial charge in [-0.3, -0.25) is 0 Å². The summed E-state index contributed by atoms with van der Waals surface area (Å²) in [5.74, 6) is 0. The van der Waals surface area contributed by atoms with E-state index < -0.39 is 28.5 Å². The number of aliphatic hydroxyl groups excluding tert-OH is 4. The van der Waals surface area contributed by atoms with Crippen molar-refractivity contribution >= 4 is 23.4 Å². The molecular formula is C20H21ClO5S. The van der Waals surface area contributed by atoms with Gasteiger partial charge in [-0.05, 0) is 35.2 Å². The first-order valence-electron chi connectivity index (χ1n) is 8.78. The van der Waals surface area contributed by atoms with Crippen LogP contribution in [0.1, 0.15) is 22.3 Å². The van der Waals surface area contributed by atoms with Gasteiger partial charge in [0.15, 0.2) is 4.93 Å². The maximum atomic E-state index is 10.7. The third-order valence-corrected chi connectivity index (χ3v) is 7.18. The Balaban J connectivity index is 1.69. The van der Waals surface area contributed by atoms with E-state index in [9.17, 15) is 20.4 Å². The fourth-order valence-corrected chi connectivity index (χ4v) is 5.44. The fraction of sp³-hybridized carbons (Fsp3) is 0.400. The Labute approximate surface area is 166 Å². The normalized spacial score (nSPS) is 32.6. The first-order chi connectivity index (χ1) is 12.9. The van der Waals surface area contributed by atoms with Crippen molar-refractivity contribution in [1.29, 1.82) is 0 Å². The van der Waals surface area contributed by atoms with Gasteiger partial charge in [0, 0.05) is 10.6 Å². The molecule has 0 aromatic heterocycles. The minimum absolute atomic E-state index is 0.307. The molecule has 0 saturated carbocycles. The van der Waals surface area contributed by atoms with Crippen molar-refractivity contribution in [3.8, 4) is 0 Å². The summed E-state index contributed by atoms with van der Waals surface area (Å²) in [7, 11) is 0. The van der Waals surface area contributed by atoms with Gasteiger partial charge >= 0.3 is 0 Å². The first-order valence-corrected chi connectivity index (χ1v) is 10.0. The maximum Gasteiger partial charge on any atom is 0.168 e. The van der Waals surface area contributed by atoms with E-state index in [1.807, 2.05) is 42.5 Å². The van der Waals surface area contributed by atoms with Crippen LogP contribution in [-0.4, -0.2) is 50.6 Å². The van der Waals surface area contributed by atoms with Gasteiger partial charge in [0.2, 0.25) is 0 Å². The van der Waals surface area contributed by atoms with Crippen molar-refractivity contribution in [3.63, 3.8) is 0 Å². The highest BCUT2D eigenvalue weighted by Gasteiger charge is 2.57. The summed E-state index contributed by atoms with van der Waals surface area (Å²) < 4.78 is 5.95. The lowest BCUT2D eigenvalue weighted by Gasteiger charge is -2.45. The van der Waals surface area contributed by atoms with Crippen molar-refractivity contribution in [2.24, 2.45) is 0 Å². The molecule has 2 aromatic carbocycles. The largest absolute Gasteiger partial charge is 0.395 e. The fourth-order valence-electron chi connectivity index (χ4n) is 3.77. The Morgan fingerprint density at radius 1 is 1.04 bits per heavy atom. The lowest BCUT2D eigenvalue weighted by Crippen LogP contribution is -2.58. The van der Waals surface area contributed by atoms with Crippen LogP contribution in [0.3, 0.4) is 0 Å². The molecule has 2 aliphatic rings. The van der Waals surface area contributed by atoms with Gasteiger partial charge in [-0.25, -0.2) is 0 Å². The zero-order valence-electron chi connectivity index (χ0n) is 14.5. The predicted octanol–water partition coefficient (Wildman–Crippen LogP) is 1.80. The SMILES string of the molecule is OC[C@H]1S[C@]2(OCc3ccc(Cc4ccc(Cl)cc4)cc32)[C@H](O)[C@@H](O)[C@@H]1O. The molecule has 2 heterocycles. The number of thioether (sulfide) groups is 1. The summed E-state index contributed by atoms with van der Waals surface area (Å²) in [6.07, 6.45) is -3.22. The van der Waals surface area contributed by atoms with Crippen molar-refractivity contribution < 1.29 is 25.2 Å². The lowest BCUT2D eigenvalue weighted by atomic mass is 9.91. The maximum absolute atomic E-state index is 10.7. The Kier molecular flexibility index (Phi) is 5.24. The summed E-state index contributed by atoms with van der Waals surface area (Å²) in [4.78, 5) is -1.20. The second-order valence-corrected chi connectivity index (χ2v) is 8.90. The first kappa shape index (κ1) is 19.2. The van der Waals surface area contributed by atoms with E-state index in [2.05, 4.69) is 0 Å². The number of hydrogen-bond donors (Lipinski definition) is 4. The average molecular weight is 409 g/mol. The minimum atomic E-state index is -1.39. The van der Waals surface area contributed by atoms with Crippen LogP contribution >= 0.6 is 23.4 Å². The number of rotatable bonds is 3. The van der Waals surface area contributed by atoms with E-state index >= 15 is 0 Å². The quantitative estimate of drug-likeness (QED) is 0.619. The second kappa shape index (κ2) is 7.37. The predicted molar refractivity (Wildman–Crippen MR) is 104 cm³/mol. The average Bonchev–Trinajstić information content (AvgIpc) is 3.04. The zero-order valence-corrected chi connectivity index (χ0v) is 16.0. The third-order valence-electron chi connectivity index (χ3n) is 5.26. The van der Waals surface area contributed by atoms with Crippen molar-refractivity contribution in [2.75, 3.05) is 6.61 Å². The molecule has 0 amide bonds. The standard InChI is InChI=1S/C20H21ClO5S/c21-14-5-2-11(3-6-14)7-12-1-4-13-10-26-20(15(13)8-12)19(25)18(24)17(23)16(9-22)27-20/h1-6,8,16-19,22-25H,7,9-10H2/t16-,17-,18+,19-,20+/m1/s1. The number of ether oxygens (including phenoxy) is 1. The van der Waals surface area contributed by atoms with Crippen LogP contribution in [0.4, 0.5) is 0 Å². The Hall–Kier alpha value is -1.12. The molecule has 7 heteroatoms. The molecule has 0 radical (unpaired) electrons. The van der Waals surface area contributed by atoms with Gasteiger partial charge in [0.05, 0.1) is 24.6 Å². The number of hydrogen-bond acceptors (Lipinski definition) is 6. The van der Waals surface area contributed by atoms with E-state index in [4.69, 9.17) is 16.3 Å². The van der Waals surface area contributed by atoms with Crippen LogP contribution in [0.5, 0.6) is 0 Å². The Morgan fingerprint density at radius 2 is 1.74 bits per heavy atom. The molecule has 0 unspecified atom stereocenters. The van der Waals surface area contributed by atoms with Gasteiger partial charge < -0.3 is 25.2 Å². The summed E-state index contributed by atoms with van der Waals surface area (Å²) in [5.41, 5.74) is 3.86. The van der Waals surface area contributed by atoms with E-state index in [1.165, 1.54) is 11.8 Å². The molecule has 27 heavy (non-hydrogen) atoms. The van der Waals surface area contributed by atoms with Gasteiger partial charge in [-0.15, -0.1) is 11.8 Å². The number of aliphatic hydroxyl groups is 4. The van der Waals surface area contributed by atoms with Crippen molar-refractivity contribution in [2.45, 2.75) is 41.5 Å². The van der Waals surface area contributed by atoms with E-state index in [0.717, 1.165) is 22.3 Å². The molecule has 1 spiro atoms. The van der Waals surface area contributed by atoms with Gasteiger partial charge in [-0.2, -0.15) is 0 Å². The summed E-state index contributed by atoms with van der Waals surface area (Å²) in [6, 6.07) is 13.6. The van der Waals surface area contributed by atoms with Crippen LogP contribution in [-0.2, 0) is 22.7 Å². The number of fused-ring (bicyclic) bond motifs is 2. The zero-order chi connectivity index (χ0) is 19.2. The van der Waals surface area contributed by atoms with E-state index in [-0.39, 0.29) is 6.61 Å². The molecule has 1 fully saturated rings. The molecule has 5 nitrogen and oxygen atoms in total. The van der Waals surface area contributed by atoms with Crippen LogP contribution < -0.4 is 0 Å². The van der Waals surface area contributed by atoms with Crippen LogP contribution in [0.2, 0.25) is 5.02 Å². The highest BCUT2D eigenvalue weighted by atomic mass is 35.5. The molecule has 2 aliphatic heterocycles. The summed E-state index contributed by atoms with van der Waals surface area (Å²) >= 11 is 7.12. The second-order valence-electron chi connectivity index (χ2n) is 7.02. The molecule has 2 aromatic rings. The Morgan fingerprint density at radius 3 is 2.44 bits per heavy atom. The van der Waals surface area contributed by atoms with Gasteiger partial charge in [-0.1, -0.05) is 41.9 Å². The molecule has 0 aliphatic carbocycles. The topological polar surface area (TPSA) is 90.2 Å². The van der Waals surface area contributed by atoms with Gasteiger partial charge in [0.25, 0.3) is 0 Å². The van der Waals surface area contributed by atoms with Crippen molar-refractivity contribution in [1.82, 2.24) is 0 Å². The monoisotopic (exact) mass is 408 g/mol. The highest BCUT2D eigenvalue weighted by Crippen LogP contribution is 2.54. The molecule has 4 N–H and O–H groups in total. The number of benzene rings is 2.